The van der Waals surface area contributed by atoms with E-state index in [0.29, 0.717) is 18.2 Å². The zero-order valence-corrected chi connectivity index (χ0v) is 10.8. The van der Waals surface area contributed by atoms with Crippen LogP contribution in [0.3, 0.4) is 0 Å². The predicted molar refractivity (Wildman–Crippen MR) is 69.2 cm³/mol. The number of halogens is 1. The first kappa shape index (κ1) is 12.8. The number of hydrogen-bond donors (Lipinski definition) is 0. The average molecular weight is 264 g/mol. The summed E-state index contributed by atoms with van der Waals surface area (Å²) in [5.74, 6) is 0.971. The first-order valence-corrected chi connectivity index (χ1v) is 6.60. The lowest BCUT2D eigenvalue weighted by atomic mass is 10.2. The van der Waals surface area contributed by atoms with Crippen LogP contribution in [0.5, 0.6) is 5.88 Å². The number of rotatable bonds is 5. The molecule has 0 amide bonds. The molecule has 0 N–H and O–H groups in total. The fourth-order valence-electron chi connectivity index (χ4n) is 1.39. The molecule has 0 spiro atoms. The molecule has 0 aliphatic carbocycles. The Labute approximate surface area is 109 Å². The lowest BCUT2D eigenvalue weighted by molar-refractivity contribution is 0.321. The van der Waals surface area contributed by atoms with Crippen LogP contribution in [-0.2, 0) is 5.75 Å². The van der Waals surface area contributed by atoms with E-state index >= 15 is 0 Å². The van der Waals surface area contributed by atoms with Crippen LogP contribution in [0.4, 0.5) is 4.39 Å². The number of thioether (sulfide) groups is 1. The maximum Gasteiger partial charge on any atom is 0.233 e. The molecule has 2 rings (SSSR count). The number of nitrogens with zero attached hydrogens (tertiary/aromatic N) is 2. The van der Waals surface area contributed by atoms with Gasteiger partial charge in [0.05, 0.1) is 6.61 Å². The van der Waals surface area contributed by atoms with Gasteiger partial charge in [-0.1, -0.05) is 23.9 Å². The van der Waals surface area contributed by atoms with Crippen molar-refractivity contribution in [2.75, 3.05) is 6.61 Å². The maximum absolute atomic E-state index is 13.0. The van der Waals surface area contributed by atoms with Crippen molar-refractivity contribution in [3.05, 3.63) is 47.8 Å². The molecule has 0 atom stereocenters. The summed E-state index contributed by atoms with van der Waals surface area (Å²) in [4.78, 5) is 0. The highest BCUT2D eigenvalue weighted by molar-refractivity contribution is 7.98. The number of hydrogen-bond acceptors (Lipinski definition) is 4. The molecule has 3 nitrogen and oxygen atoms in total. The number of ether oxygens (including phenoxy) is 1. The largest absolute Gasteiger partial charge is 0.477 e. The van der Waals surface area contributed by atoms with Gasteiger partial charge in [-0.15, -0.1) is 10.2 Å². The molecule has 1 aromatic carbocycles. The van der Waals surface area contributed by atoms with Crippen LogP contribution in [-0.4, -0.2) is 16.8 Å². The Kier molecular flexibility index (Phi) is 4.52. The van der Waals surface area contributed by atoms with Gasteiger partial charge in [0, 0.05) is 11.8 Å². The van der Waals surface area contributed by atoms with Crippen LogP contribution in [0, 0.1) is 5.82 Å². The molecule has 0 saturated carbocycles. The van der Waals surface area contributed by atoms with E-state index < -0.39 is 0 Å². The molecule has 1 aromatic heterocycles. The van der Waals surface area contributed by atoms with Gasteiger partial charge in [-0.25, -0.2) is 4.39 Å². The third-order valence-electron chi connectivity index (χ3n) is 2.18. The molecule has 0 radical (unpaired) electrons. The van der Waals surface area contributed by atoms with Crippen molar-refractivity contribution >= 4 is 11.8 Å². The topological polar surface area (TPSA) is 35.0 Å². The lowest BCUT2D eigenvalue weighted by Gasteiger charge is -2.03. The van der Waals surface area contributed by atoms with Gasteiger partial charge in [0.1, 0.15) is 10.8 Å². The number of benzene rings is 1. The van der Waals surface area contributed by atoms with Gasteiger partial charge in [-0.3, -0.25) is 0 Å². The molecule has 0 fully saturated rings. The second-order valence-electron chi connectivity index (χ2n) is 3.56. The van der Waals surface area contributed by atoms with E-state index in [2.05, 4.69) is 10.2 Å². The van der Waals surface area contributed by atoms with Gasteiger partial charge in [-0.05, 0) is 30.7 Å². The minimum Gasteiger partial charge on any atom is -0.477 e. The fourth-order valence-corrected chi connectivity index (χ4v) is 2.15. The fraction of sp³-hybridized carbons (Fsp3) is 0.231. The van der Waals surface area contributed by atoms with Crippen molar-refractivity contribution in [2.45, 2.75) is 17.7 Å². The van der Waals surface area contributed by atoms with Gasteiger partial charge < -0.3 is 4.74 Å². The van der Waals surface area contributed by atoms with Crippen molar-refractivity contribution in [2.24, 2.45) is 0 Å². The first-order valence-electron chi connectivity index (χ1n) is 5.61. The monoisotopic (exact) mass is 264 g/mol. The van der Waals surface area contributed by atoms with E-state index in [4.69, 9.17) is 4.74 Å². The van der Waals surface area contributed by atoms with Gasteiger partial charge in [0.25, 0.3) is 0 Å². The molecule has 1 heterocycles. The Bertz CT molecular complexity index is 505. The molecule has 18 heavy (non-hydrogen) atoms. The summed E-state index contributed by atoms with van der Waals surface area (Å²) in [5, 5.41) is 8.75. The van der Waals surface area contributed by atoms with E-state index in [9.17, 15) is 4.39 Å². The predicted octanol–water partition coefficient (Wildman–Crippen LogP) is 3.31. The highest BCUT2D eigenvalue weighted by Crippen LogP contribution is 2.21. The van der Waals surface area contributed by atoms with Gasteiger partial charge >= 0.3 is 0 Å². The van der Waals surface area contributed by atoms with Crippen LogP contribution in [0.2, 0.25) is 0 Å². The summed E-state index contributed by atoms with van der Waals surface area (Å²) < 4.78 is 18.2. The Balaban J connectivity index is 1.93. The van der Waals surface area contributed by atoms with E-state index in [1.54, 1.807) is 12.1 Å². The van der Waals surface area contributed by atoms with E-state index in [1.807, 2.05) is 19.1 Å². The molecule has 0 aliphatic rings. The quantitative estimate of drug-likeness (QED) is 0.776. The summed E-state index contributed by atoms with van der Waals surface area (Å²) in [6.07, 6.45) is 0. The molecule has 0 unspecified atom stereocenters. The minimum absolute atomic E-state index is 0.217. The van der Waals surface area contributed by atoms with Crippen LogP contribution in [0.15, 0.2) is 41.4 Å². The van der Waals surface area contributed by atoms with E-state index in [1.165, 1.54) is 23.9 Å². The Hall–Kier alpha value is -1.62. The minimum atomic E-state index is -0.217. The van der Waals surface area contributed by atoms with Crippen LogP contribution in [0.1, 0.15) is 12.5 Å². The standard InChI is InChI=1S/C13H13FN2OS/c1-2-17-12-6-7-13(16-15-12)18-9-10-4-3-5-11(14)8-10/h3-8H,2,9H2,1H3. The first-order chi connectivity index (χ1) is 8.78. The van der Waals surface area contributed by atoms with Crippen molar-refractivity contribution in [1.29, 1.82) is 0 Å². The zero-order valence-electron chi connectivity index (χ0n) is 9.97. The van der Waals surface area contributed by atoms with Crippen molar-refractivity contribution < 1.29 is 9.13 Å². The lowest BCUT2D eigenvalue weighted by Crippen LogP contribution is -1.96. The summed E-state index contributed by atoms with van der Waals surface area (Å²) in [7, 11) is 0. The van der Waals surface area contributed by atoms with Crippen molar-refractivity contribution in [1.82, 2.24) is 10.2 Å². The second-order valence-corrected chi connectivity index (χ2v) is 4.56. The maximum atomic E-state index is 13.0. The smallest absolute Gasteiger partial charge is 0.233 e. The molecule has 5 heteroatoms. The SMILES string of the molecule is CCOc1ccc(SCc2cccc(F)c2)nn1. The van der Waals surface area contributed by atoms with Gasteiger partial charge in [-0.2, -0.15) is 0 Å². The summed E-state index contributed by atoms with van der Waals surface area (Å²) in [6, 6.07) is 10.2. The zero-order chi connectivity index (χ0) is 12.8. The molecule has 0 aliphatic heterocycles. The van der Waals surface area contributed by atoms with Crippen molar-refractivity contribution in [3.63, 3.8) is 0 Å². The molecule has 0 bridgehead atoms. The molecule has 94 valence electrons. The average Bonchev–Trinajstić information content (AvgIpc) is 2.38. The third-order valence-corrected chi connectivity index (χ3v) is 3.17. The summed E-state index contributed by atoms with van der Waals surface area (Å²) in [6.45, 7) is 2.47. The van der Waals surface area contributed by atoms with Crippen molar-refractivity contribution in [3.8, 4) is 5.88 Å². The van der Waals surface area contributed by atoms with Gasteiger partial charge in [0.2, 0.25) is 5.88 Å². The normalized spacial score (nSPS) is 10.3. The van der Waals surface area contributed by atoms with Crippen LogP contribution >= 0.6 is 11.8 Å². The van der Waals surface area contributed by atoms with E-state index in [0.717, 1.165) is 10.6 Å². The molecular weight excluding hydrogens is 251 g/mol. The summed E-state index contributed by atoms with van der Waals surface area (Å²) >= 11 is 1.51. The summed E-state index contributed by atoms with van der Waals surface area (Å²) in [5.41, 5.74) is 0.927. The van der Waals surface area contributed by atoms with Crippen LogP contribution in [0.25, 0.3) is 0 Å². The highest BCUT2D eigenvalue weighted by atomic mass is 32.2. The molecule has 0 saturated heterocycles. The van der Waals surface area contributed by atoms with Gasteiger partial charge in [0.15, 0.2) is 0 Å². The molecular formula is C13H13FN2OS. The Morgan fingerprint density at radius 2 is 2.11 bits per heavy atom. The Morgan fingerprint density at radius 3 is 2.78 bits per heavy atom. The number of aromatic nitrogens is 2. The second kappa shape index (κ2) is 6.35. The third kappa shape index (κ3) is 3.70. The Morgan fingerprint density at radius 1 is 1.22 bits per heavy atom. The molecule has 2 aromatic rings. The van der Waals surface area contributed by atoms with E-state index in [-0.39, 0.29) is 5.82 Å². The van der Waals surface area contributed by atoms with Crippen LogP contribution < -0.4 is 4.74 Å². The highest BCUT2D eigenvalue weighted by Gasteiger charge is 2.01.